The van der Waals surface area contributed by atoms with E-state index < -0.39 is 5.92 Å². The highest BCUT2D eigenvalue weighted by molar-refractivity contribution is 5.98. The molecule has 2 amide bonds. The van der Waals surface area contributed by atoms with Crippen molar-refractivity contribution in [3.63, 3.8) is 0 Å². The number of aryl methyl sites for hydroxylation is 1. The van der Waals surface area contributed by atoms with Gasteiger partial charge >= 0.3 is 0 Å². The smallest absolute Gasteiger partial charge is 0.237 e. The molecule has 0 saturated carbocycles. The number of amides is 2. The van der Waals surface area contributed by atoms with E-state index in [0.717, 1.165) is 22.7 Å². The molecular weight excluding hydrogens is 482 g/mol. The van der Waals surface area contributed by atoms with Crippen LogP contribution >= 0.6 is 0 Å². The van der Waals surface area contributed by atoms with Gasteiger partial charge < -0.3 is 20.6 Å². The highest BCUT2D eigenvalue weighted by Gasteiger charge is 2.27. The van der Waals surface area contributed by atoms with Crippen LogP contribution in [0.1, 0.15) is 51.4 Å². The molecule has 1 unspecified atom stereocenters. The summed E-state index contributed by atoms with van der Waals surface area (Å²) in [5.41, 5.74) is 4.54. The number of fused-ring (bicyclic) bond motifs is 1. The second kappa shape index (κ2) is 11.3. The second-order valence-corrected chi connectivity index (χ2v) is 9.55. The molecule has 4 aromatic rings. The maximum absolute atomic E-state index is 13.0. The third-order valence-electron chi connectivity index (χ3n) is 6.32. The van der Waals surface area contributed by atoms with Gasteiger partial charge in [0.2, 0.25) is 11.8 Å². The molecule has 0 aromatic carbocycles. The van der Waals surface area contributed by atoms with E-state index in [2.05, 4.69) is 30.5 Å². The number of anilines is 1. The summed E-state index contributed by atoms with van der Waals surface area (Å²) in [7, 11) is 0. The topological polar surface area (TPSA) is 156 Å². The number of imidazole rings is 1. The zero-order valence-electron chi connectivity index (χ0n) is 22.3. The normalized spacial score (nSPS) is 12.1. The number of carbonyl (C=O) groups is 2. The Morgan fingerprint density at radius 3 is 2.55 bits per heavy atom. The zero-order valence-corrected chi connectivity index (χ0v) is 22.3. The highest BCUT2D eigenvalue weighted by Crippen LogP contribution is 2.30. The first-order chi connectivity index (χ1) is 18.2. The minimum atomic E-state index is -0.775. The molecule has 4 heterocycles. The second-order valence-electron chi connectivity index (χ2n) is 9.55. The molecule has 0 aliphatic heterocycles. The van der Waals surface area contributed by atoms with E-state index in [-0.39, 0.29) is 17.7 Å². The van der Waals surface area contributed by atoms with E-state index in [1.165, 1.54) is 0 Å². The van der Waals surface area contributed by atoms with E-state index in [1.807, 2.05) is 46.8 Å². The number of nitrogens with zero attached hydrogens (tertiary/aromatic N) is 5. The summed E-state index contributed by atoms with van der Waals surface area (Å²) in [6.07, 6.45) is 6.60. The van der Waals surface area contributed by atoms with Crippen LogP contribution in [0, 0.1) is 18.3 Å². The Labute approximate surface area is 221 Å². The predicted molar refractivity (Wildman–Crippen MR) is 147 cm³/mol. The van der Waals surface area contributed by atoms with Crippen LogP contribution in [0.2, 0.25) is 0 Å². The van der Waals surface area contributed by atoms with Gasteiger partial charge in [-0.1, -0.05) is 13.8 Å². The monoisotopic (exact) mass is 515 g/mol. The van der Waals surface area contributed by atoms with Crippen molar-refractivity contribution in [3.05, 3.63) is 42.1 Å². The van der Waals surface area contributed by atoms with Crippen LogP contribution in [0.15, 0.2) is 30.7 Å². The zero-order chi connectivity index (χ0) is 27.4. The van der Waals surface area contributed by atoms with Crippen molar-refractivity contribution in [3.8, 4) is 22.6 Å². The largest absolute Gasteiger partial charge is 0.342 e. The lowest BCUT2D eigenvalue weighted by Crippen LogP contribution is -2.35. The van der Waals surface area contributed by atoms with Gasteiger partial charge in [0.1, 0.15) is 11.6 Å². The third kappa shape index (κ3) is 5.46. The van der Waals surface area contributed by atoms with Gasteiger partial charge in [-0.3, -0.25) is 19.7 Å². The van der Waals surface area contributed by atoms with Gasteiger partial charge in [0, 0.05) is 54.9 Å². The molecule has 4 N–H and O–H groups in total. The molecule has 0 saturated heterocycles. The molecular formula is C27H33N9O2. The van der Waals surface area contributed by atoms with Gasteiger partial charge in [-0.15, -0.1) is 0 Å². The number of aromatic nitrogens is 6. The van der Waals surface area contributed by atoms with Crippen molar-refractivity contribution in [2.75, 3.05) is 18.4 Å². The number of H-pyrrole nitrogens is 2. The molecule has 0 bridgehead atoms. The number of nitrogens with one attached hydrogen (secondary N) is 4. The fourth-order valence-corrected chi connectivity index (χ4v) is 4.38. The standard InChI is InChI=1S/C27H33N9O2/c1-6-36(7-2)27(38)21(11-28)23-16(5)31-26(33-23)24-20-10-18(13-30-25(20)35-34-24)17-9-19(14-29-12-17)32-22(37)8-15(3)4/h9-15,21,28H,6-8H2,1-5H3,(H,31,33)(H,32,37)(H,30,34,35). The Kier molecular flexibility index (Phi) is 7.94. The maximum Gasteiger partial charge on any atom is 0.237 e. The van der Waals surface area contributed by atoms with Crippen molar-refractivity contribution < 1.29 is 9.59 Å². The molecule has 11 nitrogen and oxygen atoms in total. The third-order valence-corrected chi connectivity index (χ3v) is 6.32. The van der Waals surface area contributed by atoms with E-state index >= 15 is 0 Å². The molecule has 11 heteroatoms. The molecule has 198 valence electrons. The van der Waals surface area contributed by atoms with Crippen molar-refractivity contribution >= 4 is 34.7 Å². The number of hydrogen-bond acceptors (Lipinski definition) is 7. The number of pyridine rings is 2. The van der Waals surface area contributed by atoms with Crippen LogP contribution < -0.4 is 5.32 Å². The molecule has 0 aliphatic rings. The number of aromatic amines is 2. The molecule has 0 aliphatic carbocycles. The summed E-state index contributed by atoms with van der Waals surface area (Å²) in [5, 5.41) is 18.9. The molecule has 38 heavy (non-hydrogen) atoms. The molecule has 4 aromatic heterocycles. The van der Waals surface area contributed by atoms with E-state index in [0.29, 0.717) is 53.8 Å². The van der Waals surface area contributed by atoms with E-state index in [9.17, 15) is 9.59 Å². The van der Waals surface area contributed by atoms with Crippen LogP contribution in [-0.2, 0) is 9.59 Å². The molecule has 0 fully saturated rings. The Balaban J connectivity index is 1.68. The Morgan fingerprint density at radius 1 is 1.13 bits per heavy atom. The number of hydrogen-bond donors (Lipinski definition) is 4. The number of likely N-dealkylation sites (N-methyl/N-ethyl adjacent to an activating group) is 1. The number of rotatable bonds is 10. The predicted octanol–water partition coefficient (Wildman–Crippen LogP) is 4.30. The van der Waals surface area contributed by atoms with Crippen molar-refractivity contribution in [1.29, 1.82) is 5.41 Å². The first kappa shape index (κ1) is 26.6. The van der Waals surface area contributed by atoms with Crippen LogP contribution in [0.3, 0.4) is 0 Å². The van der Waals surface area contributed by atoms with Gasteiger partial charge in [0.15, 0.2) is 11.5 Å². The van der Waals surface area contributed by atoms with Gasteiger partial charge in [-0.2, -0.15) is 5.10 Å². The minimum absolute atomic E-state index is 0.0589. The first-order valence-electron chi connectivity index (χ1n) is 12.7. The summed E-state index contributed by atoms with van der Waals surface area (Å²) in [4.78, 5) is 43.6. The lowest BCUT2D eigenvalue weighted by molar-refractivity contribution is -0.130. The maximum atomic E-state index is 13.0. The van der Waals surface area contributed by atoms with Crippen molar-refractivity contribution in [2.24, 2.45) is 5.92 Å². The van der Waals surface area contributed by atoms with E-state index in [4.69, 9.17) is 10.4 Å². The molecule has 4 rings (SSSR count). The summed E-state index contributed by atoms with van der Waals surface area (Å²) >= 11 is 0. The molecule has 0 radical (unpaired) electrons. The quantitative estimate of drug-likeness (QED) is 0.231. The molecule has 1 atom stereocenters. The first-order valence-corrected chi connectivity index (χ1v) is 12.7. The summed E-state index contributed by atoms with van der Waals surface area (Å²) < 4.78 is 0. The van der Waals surface area contributed by atoms with Crippen molar-refractivity contribution in [1.82, 2.24) is 35.0 Å². The summed E-state index contributed by atoms with van der Waals surface area (Å²) in [5.74, 6) is -0.227. The SMILES string of the molecule is CCN(CC)C(=O)C(C=N)c1nc(-c2[nH]nc3ncc(-c4cncc(NC(=O)CC(C)C)c4)cc23)[nH]c1C. The Morgan fingerprint density at radius 2 is 1.87 bits per heavy atom. The van der Waals surface area contributed by atoms with Crippen LogP contribution in [0.25, 0.3) is 33.7 Å². The van der Waals surface area contributed by atoms with Crippen molar-refractivity contribution in [2.45, 2.75) is 47.0 Å². The Hall–Kier alpha value is -4.41. The van der Waals surface area contributed by atoms with Crippen LogP contribution in [-0.4, -0.2) is 66.2 Å². The number of carbonyl (C=O) groups excluding carboxylic acids is 2. The average Bonchev–Trinajstić information content (AvgIpc) is 3.48. The fraction of sp³-hybridized carbons (Fsp3) is 0.370. The summed E-state index contributed by atoms with van der Waals surface area (Å²) in [6.45, 7) is 10.8. The fourth-order valence-electron chi connectivity index (χ4n) is 4.38. The van der Waals surface area contributed by atoms with Gasteiger partial charge in [-0.05, 0) is 38.8 Å². The van der Waals surface area contributed by atoms with Gasteiger partial charge in [0.25, 0.3) is 0 Å². The Bertz CT molecular complexity index is 1470. The average molecular weight is 516 g/mol. The van der Waals surface area contributed by atoms with Crippen LogP contribution in [0.4, 0.5) is 5.69 Å². The van der Waals surface area contributed by atoms with E-state index in [1.54, 1.807) is 23.5 Å². The molecule has 0 spiro atoms. The summed E-state index contributed by atoms with van der Waals surface area (Å²) in [6, 6.07) is 3.79. The van der Waals surface area contributed by atoms with Gasteiger partial charge in [0.05, 0.1) is 23.0 Å². The lowest BCUT2D eigenvalue weighted by Gasteiger charge is -2.22. The highest BCUT2D eigenvalue weighted by atomic mass is 16.2. The van der Waals surface area contributed by atoms with Crippen LogP contribution in [0.5, 0.6) is 0 Å². The minimum Gasteiger partial charge on any atom is -0.342 e. The van der Waals surface area contributed by atoms with Gasteiger partial charge in [-0.25, -0.2) is 9.97 Å². The lowest BCUT2D eigenvalue weighted by atomic mass is 10.0.